The lowest BCUT2D eigenvalue weighted by molar-refractivity contribution is -0.118. The average molecular weight is 583 g/mol. The Hall–Kier alpha value is -5.04. The second kappa shape index (κ2) is 10.7. The number of carbonyl (C=O) groups excluding carboxylic acids is 3. The fraction of sp³-hybridized carbons (Fsp3) is 0.241. The Morgan fingerprint density at radius 1 is 1.14 bits per heavy atom. The van der Waals surface area contributed by atoms with Gasteiger partial charge in [-0.15, -0.1) is 11.3 Å². The molecular weight excluding hydrogens is 556 g/mol. The number of benzene rings is 1. The van der Waals surface area contributed by atoms with E-state index in [0.29, 0.717) is 41.1 Å². The topological polar surface area (TPSA) is 158 Å². The van der Waals surface area contributed by atoms with Gasteiger partial charge in [0.2, 0.25) is 0 Å². The van der Waals surface area contributed by atoms with Crippen molar-refractivity contribution in [2.24, 2.45) is 0 Å². The number of nitrogens with one attached hydrogen (secondary N) is 4. The SMILES string of the molecule is O=C1COc2ccc(CNC(=O)c3ncnc4c(C(=O)N5CCC(c6cc(-c7cccs7)[nH]n6)CC5)c[nH]c34)cc2N1. The molecule has 0 unspecified atom stereocenters. The van der Waals surface area contributed by atoms with E-state index in [1.54, 1.807) is 29.7 Å². The van der Waals surface area contributed by atoms with Crippen molar-refractivity contribution in [2.45, 2.75) is 25.3 Å². The number of H-pyrrole nitrogens is 2. The fourth-order valence-electron chi connectivity index (χ4n) is 5.43. The van der Waals surface area contributed by atoms with Gasteiger partial charge >= 0.3 is 0 Å². The number of nitrogens with zero attached hydrogens (tertiary/aromatic N) is 4. The van der Waals surface area contributed by atoms with Crippen molar-refractivity contribution < 1.29 is 19.1 Å². The minimum Gasteiger partial charge on any atom is -0.482 e. The highest BCUT2D eigenvalue weighted by Gasteiger charge is 2.29. The molecule has 4 N–H and O–H groups in total. The third kappa shape index (κ3) is 4.87. The van der Waals surface area contributed by atoms with Crippen LogP contribution in [0.3, 0.4) is 0 Å². The van der Waals surface area contributed by atoms with Gasteiger partial charge in [-0.3, -0.25) is 19.5 Å². The third-order valence-electron chi connectivity index (χ3n) is 7.62. The van der Waals surface area contributed by atoms with Gasteiger partial charge in [0, 0.05) is 31.7 Å². The summed E-state index contributed by atoms with van der Waals surface area (Å²) in [5.74, 6) is 0.0833. The molecule has 4 aromatic heterocycles. The van der Waals surface area contributed by atoms with Gasteiger partial charge in [0.05, 0.1) is 33.0 Å². The van der Waals surface area contributed by atoms with Gasteiger partial charge in [-0.05, 0) is 48.1 Å². The molecule has 0 saturated carbocycles. The maximum Gasteiger partial charge on any atom is 0.272 e. The first-order valence-corrected chi connectivity index (χ1v) is 14.5. The third-order valence-corrected chi connectivity index (χ3v) is 8.53. The van der Waals surface area contributed by atoms with Gasteiger partial charge < -0.3 is 25.3 Å². The van der Waals surface area contributed by atoms with Gasteiger partial charge in [-0.2, -0.15) is 5.10 Å². The summed E-state index contributed by atoms with van der Waals surface area (Å²) in [7, 11) is 0. The van der Waals surface area contributed by atoms with Crippen molar-refractivity contribution in [1.29, 1.82) is 0 Å². The number of thiophene rings is 1. The van der Waals surface area contributed by atoms with Crippen LogP contribution in [-0.4, -0.2) is 67.5 Å². The number of likely N-dealkylation sites (tertiary alicyclic amines) is 1. The average Bonchev–Trinajstić information content (AvgIpc) is 3.80. The number of aromatic nitrogens is 5. The molecule has 1 fully saturated rings. The number of hydrogen-bond acceptors (Lipinski definition) is 8. The zero-order chi connectivity index (χ0) is 28.6. The Bertz CT molecular complexity index is 1800. The number of ether oxygens (including phenoxy) is 1. The van der Waals surface area contributed by atoms with Crippen LogP contribution < -0.4 is 15.4 Å². The standard InChI is InChI=1S/C29H26N8O4S/c38-24-14-41-22-4-3-16(10-20(22)34-24)12-31-28(39)27-26-25(32-15-33-27)18(13-30-26)29(40)37-7-5-17(6-8-37)19-11-21(36-35-19)23-2-1-9-42-23/h1-4,9-11,13,15,17,30H,5-8,12,14H2,(H,31,39)(H,34,38)(H,35,36). The fourth-order valence-corrected chi connectivity index (χ4v) is 6.13. The van der Waals surface area contributed by atoms with E-state index < -0.39 is 5.91 Å². The molecular formula is C29H26N8O4S. The van der Waals surface area contributed by atoms with Gasteiger partial charge in [0.25, 0.3) is 17.7 Å². The normalized spacial score (nSPS) is 15.2. The smallest absolute Gasteiger partial charge is 0.272 e. The Morgan fingerprint density at radius 3 is 2.86 bits per heavy atom. The van der Waals surface area contributed by atoms with Crippen LogP contribution in [-0.2, 0) is 11.3 Å². The molecule has 5 aromatic rings. The molecule has 1 saturated heterocycles. The van der Waals surface area contributed by atoms with Crippen LogP contribution in [0.5, 0.6) is 5.75 Å². The van der Waals surface area contributed by atoms with Crippen LogP contribution in [0.25, 0.3) is 21.6 Å². The summed E-state index contributed by atoms with van der Waals surface area (Å²) in [6.45, 7) is 1.39. The maximum absolute atomic E-state index is 13.5. The monoisotopic (exact) mass is 582 g/mol. The molecule has 2 aliphatic heterocycles. The molecule has 0 radical (unpaired) electrons. The summed E-state index contributed by atoms with van der Waals surface area (Å²) >= 11 is 1.67. The number of rotatable bonds is 6. The first-order chi connectivity index (χ1) is 20.5. The number of aromatic amines is 2. The van der Waals surface area contributed by atoms with Crippen LogP contribution in [0.15, 0.2) is 54.3 Å². The number of carbonyl (C=O) groups is 3. The lowest BCUT2D eigenvalue weighted by Gasteiger charge is -2.31. The van der Waals surface area contributed by atoms with E-state index in [2.05, 4.69) is 47.9 Å². The van der Waals surface area contributed by atoms with E-state index in [0.717, 1.165) is 34.7 Å². The minimum atomic E-state index is -0.414. The predicted octanol–water partition coefficient (Wildman–Crippen LogP) is 3.69. The van der Waals surface area contributed by atoms with Gasteiger partial charge in [0.15, 0.2) is 12.3 Å². The molecule has 2 aliphatic rings. The molecule has 0 bridgehead atoms. The van der Waals surface area contributed by atoms with Gasteiger partial charge in [-0.1, -0.05) is 12.1 Å². The highest BCUT2D eigenvalue weighted by molar-refractivity contribution is 7.13. The second-order valence-corrected chi connectivity index (χ2v) is 11.2. The number of fused-ring (bicyclic) bond motifs is 2. The summed E-state index contributed by atoms with van der Waals surface area (Å²) in [4.78, 5) is 52.7. The number of piperidine rings is 1. The second-order valence-electron chi connectivity index (χ2n) is 10.2. The van der Waals surface area contributed by atoms with Crippen LogP contribution >= 0.6 is 11.3 Å². The Kier molecular flexibility index (Phi) is 6.62. The maximum atomic E-state index is 13.5. The van der Waals surface area contributed by atoms with Crippen LogP contribution in [0.1, 0.15) is 50.9 Å². The van der Waals surface area contributed by atoms with Crippen molar-refractivity contribution in [1.82, 2.24) is 35.4 Å². The summed E-state index contributed by atoms with van der Waals surface area (Å²) in [5.41, 5.74) is 4.74. The van der Waals surface area contributed by atoms with Crippen molar-refractivity contribution in [2.75, 3.05) is 25.0 Å². The molecule has 7 rings (SSSR count). The highest BCUT2D eigenvalue weighted by atomic mass is 32.1. The largest absolute Gasteiger partial charge is 0.482 e. The molecule has 12 nitrogen and oxygen atoms in total. The summed E-state index contributed by atoms with van der Waals surface area (Å²) in [5, 5.41) is 15.3. The molecule has 1 aromatic carbocycles. The van der Waals surface area contributed by atoms with E-state index in [9.17, 15) is 14.4 Å². The van der Waals surface area contributed by atoms with E-state index in [1.165, 1.54) is 6.33 Å². The molecule has 0 atom stereocenters. The van der Waals surface area contributed by atoms with Gasteiger partial charge in [0.1, 0.15) is 17.6 Å². The quantitative estimate of drug-likeness (QED) is 0.238. The highest BCUT2D eigenvalue weighted by Crippen LogP contribution is 2.32. The summed E-state index contributed by atoms with van der Waals surface area (Å²) in [6.07, 6.45) is 4.51. The van der Waals surface area contributed by atoms with E-state index >= 15 is 0 Å². The molecule has 3 amide bonds. The van der Waals surface area contributed by atoms with E-state index in [4.69, 9.17) is 4.74 Å². The molecule has 6 heterocycles. The van der Waals surface area contributed by atoms with Crippen molar-refractivity contribution >= 4 is 45.8 Å². The first kappa shape index (κ1) is 25.9. The molecule has 0 spiro atoms. The predicted molar refractivity (Wildman–Crippen MR) is 155 cm³/mol. The van der Waals surface area contributed by atoms with E-state index in [1.807, 2.05) is 22.4 Å². The zero-order valence-electron chi connectivity index (χ0n) is 22.3. The molecule has 212 valence electrons. The van der Waals surface area contributed by atoms with Crippen LogP contribution in [0, 0.1) is 0 Å². The molecule has 0 aliphatic carbocycles. The van der Waals surface area contributed by atoms with E-state index in [-0.39, 0.29) is 36.6 Å². The first-order valence-electron chi connectivity index (χ1n) is 13.6. The Morgan fingerprint density at radius 2 is 2.02 bits per heavy atom. The lowest BCUT2D eigenvalue weighted by Crippen LogP contribution is -2.38. The van der Waals surface area contributed by atoms with Crippen molar-refractivity contribution in [3.05, 3.63) is 76.8 Å². The van der Waals surface area contributed by atoms with Crippen molar-refractivity contribution in [3.8, 4) is 16.3 Å². The Labute approximate surface area is 243 Å². The number of amides is 3. The summed E-state index contributed by atoms with van der Waals surface area (Å²) < 4.78 is 5.38. The number of hydrogen-bond donors (Lipinski definition) is 4. The van der Waals surface area contributed by atoms with Crippen molar-refractivity contribution in [3.63, 3.8) is 0 Å². The number of anilines is 1. The Balaban J connectivity index is 1.01. The molecule has 13 heteroatoms. The van der Waals surface area contributed by atoms with Crippen LogP contribution in [0.4, 0.5) is 5.69 Å². The lowest BCUT2D eigenvalue weighted by atomic mass is 9.93. The summed E-state index contributed by atoms with van der Waals surface area (Å²) in [6, 6.07) is 11.5. The minimum absolute atomic E-state index is 0.0200. The zero-order valence-corrected chi connectivity index (χ0v) is 23.2. The van der Waals surface area contributed by atoms with Crippen LogP contribution in [0.2, 0.25) is 0 Å². The van der Waals surface area contributed by atoms with Gasteiger partial charge in [-0.25, -0.2) is 9.97 Å². The molecule has 42 heavy (non-hydrogen) atoms.